The summed E-state index contributed by atoms with van der Waals surface area (Å²) in [5.41, 5.74) is -0.669. The smallest absolute Gasteiger partial charge is 0.283 e. The van der Waals surface area contributed by atoms with Gasteiger partial charge in [0.2, 0.25) is 0 Å². The van der Waals surface area contributed by atoms with Crippen molar-refractivity contribution in [1.82, 2.24) is 0 Å². The molecule has 0 spiro atoms. The Morgan fingerprint density at radius 3 is 2.67 bits per heavy atom. The number of benzene rings is 1. The first-order valence-electron chi connectivity index (χ1n) is 5.16. The molecule has 0 aliphatic heterocycles. The average molecular weight is 311 g/mol. The van der Waals surface area contributed by atoms with E-state index in [2.05, 4.69) is 15.9 Å². The standard InChI is InChI=1S/C12H11BrN2O3/c1-8(16)12(2,7-14)6-9-4-3-5-10(11(9)13)15(17)18/h3-5H,6H2,1-2H3. The monoisotopic (exact) mass is 310 g/mol. The summed E-state index contributed by atoms with van der Waals surface area (Å²) in [5.74, 6) is -0.261. The number of Topliss-reactive ketones (excluding diaryl/α,β-unsaturated/α-hetero) is 1. The largest absolute Gasteiger partial charge is 0.298 e. The van der Waals surface area contributed by atoms with Gasteiger partial charge in [0.1, 0.15) is 11.2 Å². The van der Waals surface area contributed by atoms with Gasteiger partial charge in [-0.15, -0.1) is 0 Å². The van der Waals surface area contributed by atoms with E-state index < -0.39 is 10.3 Å². The van der Waals surface area contributed by atoms with Crippen molar-refractivity contribution in [2.45, 2.75) is 20.3 Å². The Hall–Kier alpha value is -1.74. The number of halogens is 1. The van der Waals surface area contributed by atoms with Gasteiger partial charge in [-0.1, -0.05) is 12.1 Å². The van der Waals surface area contributed by atoms with Gasteiger partial charge in [0, 0.05) is 6.07 Å². The highest BCUT2D eigenvalue weighted by molar-refractivity contribution is 9.10. The molecule has 0 fully saturated rings. The van der Waals surface area contributed by atoms with Gasteiger partial charge in [0.25, 0.3) is 5.69 Å². The molecule has 6 heteroatoms. The van der Waals surface area contributed by atoms with E-state index in [1.54, 1.807) is 6.07 Å². The van der Waals surface area contributed by atoms with E-state index in [1.807, 2.05) is 6.07 Å². The Bertz CT molecular complexity index is 551. The minimum atomic E-state index is -1.17. The van der Waals surface area contributed by atoms with E-state index in [9.17, 15) is 14.9 Å². The molecule has 1 unspecified atom stereocenters. The van der Waals surface area contributed by atoms with Crippen molar-refractivity contribution >= 4 is 27.4 Å². The van der Waals surface area contributed by atoms with Crippen LogP contribution in [0.2, 0.25) is 0 Å². The van der Waals surface area contributed by atoms with Crippen molar-refractivity contribution in [2.75, 3.05) is 0 Å². The Labute approximate surface area is 113 Å². The fourth-order valence-electron chi connectivity index (χ4n) is 1.47. The van der Waals surface area contributed by atoms with Crippen LogP contribution in [0.25, 0.3) is 0 Å². The van der Waals surface area contributed by atoms with Crippen LogP contribution in [0.15, 0.2) is 22.7 Å². The van der Waals surface area contributed by atoms with E-state index in [4.69, 9.17) is 5.26 Å². The first-order chi connectivity index (χ1) is 8.31. The third-order valence-electron chi connectivity index (χ3n) is 2.82. The Balaban J connectivity index is 3.21. The number of ketones is 1. The minimum absolute atomic E-state index is 0.0728. The van der Waals surface area contributed by atoms with Crippen LogP contribution in [-0.2, 0) is 11.2 Å². The van der Waals surface area contributed by atoms with Crippen molar-refractivity contribution < 1.29 is 9.72 Å². The molecule has 1 rings (SSSR count). The van der Waals surface area contributed by atoms with Gasteiger partial charge in [-0.25, -0.2) is 0 Å². The Morgan fingerprint density at radius 2 is 2.22 bits per heavy atom. The summed E-state index contributed by atoms with van der Waals surface area (Å²) in [7, 11) is 0. The third kappa shape index (κ3) is 2.74. The van der Waals surface area contributed by atoms with Crippen LogP contribution in [0, 0.1) is 26.9 Å². The number of nitrogens with zero attached hydrogens (tertiary/aromatic N) is 2. The molecular weight excluding hydrogens is 300 g/mol. The molecule has 0 bridgehead atoms. The maximum absolute atomic E-state index is 11.5. The van der Waals surface area contributed by atoms with E-state index in [0.717, 1.165) is 0 Å². The van der Waals surface area contributed by atoms with E-state index in [0.29, 0.717) is 10.0 Å². The lowest BCUT2D eigenvalue weighted by molar-refractivity contribution is -0.385. The molecule has 0 saturated carbocycles. The zero-order chi connectivity index (χ0) is 13.9. The topological polar surface area (TPSA) is 84.0 Å². The number of nitriles is 1. The summed E-state index contributed by atoms with van der Waals surface area (Å²) >= 11 is 3.15. The average Bonchev–Trinajstić information content (AvgIpc) is 2.31. The summed E-state index contributed by atoms with van der Waals surface area (Å²) in [6, 6.07) is 6.53. The first kappa shape index (κ1) is 14.3. The second kappa shape index (κ2) is 5.27. The lowest BCUT2D eigenvalue weighted by atomic mass is 9.82. The summed E-state index contributed by atoms with van der Waals surface area (Å²) in [5, 5.41) is 19.9. The van der Waals surface area contributed by atoms with E-state index in [1.165, 1.54) is 26.0 Å². The second-order valence-corrected chi connectivity index (χ2v) is 4.98. The lowest BCUT2D eigenvalue weighted by Gasteiger charge is -2.18. The molecule has 5 nitrogen and oxygen atoms in total. The van der Waals surface area contributed by atoms with Gasteiger partial charge in [-0.05, 0) is 41.8 Å². The molecule has 1 aromatic carbocycles. The Morgan fingerprint density at radius 1 is 1.61 bits per heavy atom. The molecule has 0 aromatic heterocycles. The van der Waals surface area contributed by atoms with E-state index >= 15 is 0 Å². The second-order valence-electron chi connectivity index (χ2n) is 4.18. The fraction of sp³-hybridized carbons (Fsp3) is 0.333. The number of nitro benzene ring substituents is 1. The molecule has 0 amide bonds. The van der Waals surface area contributed by atoms with Crippen LogP contribution in [0.4, 0.5) is 5.69 Å². The highest BCUT2D eigenvalue weighted by atomic mass is 79.9. The van der Waals surface area contributed by atoms with Gasteiger partial charge in [-0.3, -0.25) is 14.9 Å². The molecular formula is C12H11BrN2O3. The molecule has 1 aromatic rings. The lowest BCUT2D eigenvalue weighted by Crippen LogP contribution is -2.26. The summed E-state index contributed by atoms with van der Waals surface area (Å²) in [6.45, 7) is 2.87. The molecule has 0 aliphatic carbocycles. The first-order valence-corrected chi connectivity index (χ1v) is 5.95. The molecule has 0 heterocycles. The quantitative estimate of drug-likeness (QED) is 0.632. The molecule has 18 heavy (non-hydrogen) atoms. The predicted octanol–water partition coefficient (Wildman–Crippen LogP) is 3.02. The molecule has 94 valence electrons. The zero-order valence-corrected chi connectivity index (χ0v) is 11.5. The van der Waals surface area contributed by atoms with Crippen LogP contribution in [0.3, 0.4) is 0 Å². The minimum Gasteiger partial charge on any atom is -0.298 e. The summed E-state index contributed by atoms with van der Waals surface area (Å²) < 4.78 is 0.317. The molecule has 0 N–H and O–H groups in total. The normalized spacial score (nSPS) is 13.4. The van der Waals surface area contributed by atoms with Gasteiger partial charge in [-0.2, -0.15) is 5.26 Å². The van der Waals surface area contributed by atoms with Crippen molar-refractivity contribution in [1.29, 1.82) is 5.26 Å². The number of carbonyl (C=O) groups excluding carboxylic acids is 1. The zero-order valence-electron chi connectivity index (χ0n) is 9.94. The summed E-state index contributed by atoms with van der Waals surface area (Å²) in [4.78, 5) is 21.7. The van der Waals surface area contributed by atoms with Crippen LogP contribution < -0.4 is 0 Å². The van der Waals surface area contributed by atoms with Gasteiger partial charge < -0.3 is 0 Å². The van der Waals surface area contributed by atoms with Crippen LogP contribution in [-0.4, -0.2) is 10.7 Å². The maximum atomic E-state index is 11.5. The van der Waals surface area contributed by atoms with Crippen molar-refractivity contribution in [3.05, 3.63) is 38.3 Å². The van der Waals surface area contributed by atoms with Crippen molar-refractivity contribution in [3.63, 3.8) is 0 Å². The van der Waals surface area contributed by atoms with Gasteiger partial charge in [0.05, 0.1) is 15.5 Å². The third-order valence-corrected chi connectivity index (χ3v) is 3.74. The fourth-order valence-corrected chi connectivity index (χ4v) is 2.02. The number of nitro groups is 1. The maximum Gasteiger partial charge on any atom is 0.283 e. The SMILES string of the molecule is CC(=O)C(C)(C#N)Cc1cccc([N+](=O)[O-])c1Br. The van der Waals surface area contributed by atoms with E-state index in [-0.39, 0.29) is 17.9 Å². The number of hydrogen-bond acceptors (Lipinski definition) is 4. The van der Waals surface area contributed by atoms with Crippen molar-refractivity contribution in [3.8, 4) is 6.07 Å². The van der Waals surface area contributed by atoms with Crippen molar-refractivity contribution in [2.24, 2.45) is 5.41 Å². The number of carbonyl (C=O) groups is 1. The van der Waals surface area contributed by atoms with Crippen LogP contribution in [0.1, 0.15) is 19.4 Å². The van der Waals surface area contributed by atoms with Gasteiger partial charge in [0.15, 0.2) is 0 Å². The highest BCUT2D eigenvalue weighted by Gasteiger charge is 2.31. The number of hydrogen-bond donors (Lipinski definition) is 0. The van der Waals surface area contributed by atoms with Gasteiger partial charge >= 0.3 is 0 Å². The highest BCUT2D eigenvalue weighted by Crippen LogP contribution is 2.33. The molecule has 0 radical (unpaired) electrons. The summed E-state index contributed by atoms with van der Waals surface area (Å²) in [6.07, 6.45) is 0.140. The number of rotatable bonds is 4. The van der Waals surface area contributed by atoms with Crippen LogP contribution in [0.5, 0.6) is 0 Å². The van der Waals surface area contributed by atoms with Crippen LogP contribution >= 0.6 is 15.9 Å². The Kier molecular flexibility index (Phi) is 4.19. The molecule has 0 saturated heterocycles. The molecule has 0 aliphatic rings. The predicted molar refractivity (Wildman–Crippen MR) is 68.9 cm³/mol. The molecule has 1 atom stereocenters.